The van der Waals surface area contributed by atoms with Crippen molar-refractivity contribution in [1.82, 2.24) is 4.98 Å². The maximum absolute atomic E-state index is 12.3. The smallest absolute Gasteiger partial charge is 0.301 e. The molecule has 3 aromatic rings. The molecule has 5 nitrogen and oxygen atoms in total. The van der Waals surface area contributed by atoms with Crippen LogP contribution < -0.4 is 5.32 Å². The highest BCUT2D eigenvalue weighted by Gasteiger charge is 2.27. The van der Waals surface area contributed by atoms with Gasteiger partial charge in [-0.05, 0) is 42.2 Å². The summed E-state index contributed by atoms with van der Waals surface area (Å²) in [4.78, 5) is 16.4. The summed E-state index contributed by atoms with van der Waals surface area (Å²) in [5.74, 6) is 1.01. The molecule has 122 valence electrons. The van der Waals surface area contributed by atoms with Gasteiger partial charge < -0.3 is 4.42 Å². The van der Waals surface area contributed by atoms with Crippen LogP contribution in [0.25, 0.3) is 11.1 Å². The molecule has 0 radical (unpaired) electrons. The van der Waals surface area contributed by atoms with E-state index in [1.54, 1.807) is 24.4 Å². The van der Waals surface area contributed by atoms with Gasteiger partial charge in [0.2, 0.25) is 0 Å². The number of nitriles is 1. The quantitative estimate of drug-likeness (QED) is 0.772. The summed E-state index contributed by atoms with van der Waals surface area (Å²) in [6, 6.07) is 16.9. The van der Waals surface area contributed by atoms with Gasteiger partial charge in [-0.25, -0.2) is 4.98 Å². The Labute approximate surface area is 144 Å². The minimum absolute atomic E-state index is 0.228. The van der Waals surface area contributed by atoms with E-state index < -0.39 is 0 Å². The van der Waals surface area contributed by atoms with Crippen LogP contribution in [0, 0.1) is 11.3 Å². The topological polar surface area (TPSA) is 78.9 Å². The molecule has 0 atom stereocenters. The number of carbonyl (C=O) groups is 1. The molecule has 4 rings (SSSR count). The Kier molecular flexibility index (Phi) is 3.79. The summed E-state index contributed by atoms with van der Waals surface area (Å²) < 4.78 is 5.54. The highest BCUT2D eigenvalue weighted by molar-refractivity contribution is 6.03. The van der Waals surface area contributed by atoms with Crippen molar-refractivity contribution in [2.24, 2.45) is 0 Å². The van der Waals surface area contributed by atoms with E-state index >= 15 is 0 Å². The second-order valence-electron chi connectivity index (χ2n) is 6.03. The molecule has 1 aliphatic carbocycles. The van der Waals surface area contributed by atoms with Crippen molar-refractivity contribution < 1.29 is 9.21 Å². The van der Waals surface area contributed by atoms with Crippen LogP contribution in [0.15, 0.2) is 59.1 Å². The molecule has 1 amide bonds. The van der Waals surface area contributed by atoms with E-state index in [9.17, 15) is 10.1 Å². The number of nitrogens with one attached hydrogen (secondary N) is 1. The number of aromatic nitrogens is 1. The average molecular weight is 329 g/mol. The number of hydrogen-bond donors (Lipinski definition) is 1. The monoisotopic (exact) mass is 329 g/mol. The fourth-order valence-corrected chi connectivity index (χ4v) is 2.70. The average Bonchev–Trinajstić information content (AvgIpc) is 3.41. The molecule has 1 saturated carbocycles. The van der Waals surface area contributed by atoms with E-state index in [1.165, 1.54) is 0 Å². The molecular weight excluding hydrogens is 314 g/mol. The third-order valence-corrected chi connectivity index (χ3v) is 4.23. The van der Waals surface area contributed by atoms with Gasteiger partial charge in [0.1, 0.15) is 5.76 Å². The van der Waals surface area contributed by atoms with Gasteiger partial charge in [0.25, 0.3) is 5.91 Å². The number of carbonyl (C=O) groups excluding carboxylic acids is 1. The lowest BCUT2D eigenvalue weighted by molar-refractivity contribution is 0.102. The van der Waals surface area contributed by atoms with E-state index in [4.69, 9.17) is 4.42 Å². The molecule has 2 aromatic carbocycles. The van der Waals surface area contributed by atoms with Crippen LogP contribution in [0.1, 0.15) is 40.4 Å². The normalized spacial score (nSPS) is 13.2. The first-order valence-corrected chi connectivity index (χ1v) is 8.11. The molecule has 1 fully saturated rings. The molecule has 0 aliphatic heterocycles. The summed E-state index contributed by atoms with van der Waals surface area (Å²) in [6.45, 7) is 0. The van der Waals surface area contributed by atoms with Crippen LogP contribution in [0.3, 0.4) is 0 Å². The lowest BCUT2D eigenvalue weighted by Gasteiger charge is -2.06. The number of oxazole rings is 1. The van der Waals surface area contributed by atoms with Gasteiger partial charge >= 0.3 is 6.01 Å². The Bertz CT molecular complexity index is 963. The van der Waals surface area contributed by atoms with Crippen molar-refractivity contribution >= 4 is 11.9 Å². The number of anilines is 1. The molecule has 0 spiro atoms. The standard InChI is InChI=1S/C20H15N3O2/c21-11-16-3-1-2-4-17(16)13-5-9-15(10-6-13)19(24)23-20-22-12-18(25-20)14-7-8-14/h1-6,9-10,12,14H,7-8H2,(H,22,23,24). The van der Waals surface area contributed by atoms with Gasteiger partial charge in [-0.15, -0.1) is 0 Å². The zero-order valence-electron chi connectivity index (χ0n) is 13.4. The van der Waals surface area contributed by atoms with Gasteiger partial charge in [0.15, 0.2) is 0 Å². The van der Waals surface area contributed by atoms with Crippen LogP contribution in [-0.2, 0) is 0 Å². The van der Waals surface area contributed by atoms with Gasteiger partial charge in [-0.1, -0.05) is 30.3 Å². The predicted molar refractivity (Wildman–Crippen MR) is 93.0 cm³/mol. The fraction of sp³-hybridized carbons (Fsp3) is 0.150. The number of amides is 1. The predicted octanol–water partition coefficient (Wildman–Crippen LogP) is 4.34. The second kappa shape index (κ2) is 6.25. The van der Waals surface area contributed by atoms with Gasteiger partial charge in [0.05, 0.1) is 17.8 Å². The summed E-state index contributed by atoms with van der Waals surface area (Å²) in [5.41, 5.74) is 2.84. The molecule has 0 bridgehead atoms. The third-order valence-electron chi connectivity index (χ3n) is 4.23. The molecular formula is C20H15N3O2. The number of nitrogens with zero attached hydrogens (tertiary/aromatic N) is 2. The van der Waals surface area contributed by atoms with E-state index in [0.717, 1.165) is 29.7 Å². The Morgan fingerprint density at radius 3 is 2.64 bits per heavy atom. The third kappa shape index (κ3) is 3.15. The summed E-state index contributed by atoms with van der Waals surface area (Å²) in [7, 11) is 0. The maximum Gasteiger partial charge on any atom is 0.301 e. The summed E-state index contributed by atoms with van der Waals surface area (Å²) in [5, 5.41) is 11.9. The minimum atomic E-state index is -0.274. The van der Waals surface area contributed by atoms with Crippen LogP contribution >= 0.6 is 0 Å². The zero-order chi connectivity index (χ0) is 17.2. The fourth-order valence-electron chi connectivity index (χ4n) is 2.70. The molecule has 1 N–H and O–H groups in total. The molecule has 0 saturated heterocycles. The second-order valence-corrected chi connectivity index (χ2v) is 6.03. The molecule has 1 aliphatic rings. The first kappa shape index (κ1) is 15.2. The first-order chi connectivity index (χ1) is 12.2. The summed E-state index contributed by atoms with van der Waals surface area (Å²) >= 11 is 0. The number of benzene rings is 2. The highest BCUT2D eigenvalue weighted by atomic mass is 16.4. The molecule has 5 heteroatoms. The van der Waals surface area contributed by atoms with E-state index in [-0.39, 0.29) is 11.9 Å². The van der Waals surface area contributed by atoms with Crippen molar-refractivity contribution in [3.63, 3.8) is 0 Å². The van der Waals surface area contributed by atoms with Crippen molar-refractivity contribution in [3.05, 3.63) is 71.6 Å². The van der Waals surface area contributed by atoms with Crippen molar-refractivity contribution in [2.45, 2.75) is 18.8 Å². The molecule has 1 aromatic heterocycles. The SMILES string of the molecule is N#Cc1ccccc1-c1ccc(C(=O)Nc2ncc(C3CC3)o2)cc1. The maximum atomic E-state index is 12.3. The number of hydrogen-bond acceptors (Lipinski definition) is 4. The van der Waals surface area contributed by atoms with Crippen LogP contribution in [0.5, 0.6) is 0 Å². The van der Waals surface area contributed by atoms with Gasteiger partial charge in [-0.2, -0.15) is 5.26 Å². The molecule has 1 heterocycles. The van der Waals surface area contributed by atoms with Crippen LogP contribution in [-0.4, -0.2) is 10.9 Å². The highest BCUT2D eigenvalue weighted by Crippen LogP contribution is 2.40. The number of rotatable bonds is 4. The Hall–Kier alpha value is -3.39. The Morgan fingerprint density at radius 1 is 1.16 bits per heavy atom. The minimum Gasteiger partial charge on any atom is -0.428 e. The molecule has 0 unspecified atom stereocenters. The van der Waals surface area contributed by atoms with Gasteiger partial charge in [-0.3, -0.25) is 10.1 Å². The zero-order valence-corrected chi connectivity index (χ0v) is 13.4. The first-order valence-electron chi connectivity index (χ1n) is 8.11. The van der Waals surface area contributed by atoms with E-state index in [1.807, 2.05) is 30.3 Å². The lowest BCUT2D eigenvalue weighted by Crippen LogP contribution is -2.11. The van der Waals surface area contributed by atoms with E-state index in [2.05, 4.69) is 16.4 Å². The van der Waals surface area contributed by atoms with Gasteiger partial charge in [0, 0.05) is 11.5 Å². The Morgan fingerprint density at radius 2 is 1.92 bits per heavy atom. The molecule has 25 heavy (non-hydrogen) atoms. The lowest BCUT2D eigenvalue weighted by atomic mass is 9.99. The van der Waals surface area contributed by atoms with Crippen LogP contribution in [0.2, 0.25) is 0 Å². The largest absolute Gasteiger partial charge is 0.428 e. The van der Waals surface area contributed by atoms with Crippen molar-refractivity contribution in [3.8, 4) is 17.2 Å². The van der Waals surface area contributed by atoms with Crippen molar-refractivity contribution in [1.29, 1.82) is 5.26 Å². The Balaban J connectivity index is 1.51. The summed E-state index contributed by atoms with van der Waals surface area (Å²) in [6.07, 6.45) is 3.91. The van der Waals surface area contributed by atoms with E-state index in [0.29, 0.717) is 17.0 Å². The van der Waals surface area contributed by atoms with Crippen LogP contribution in [0.4, 0.5) is 6.01 Å². The van der Waals surface area contributed by atoms with Crippen molar-refractivity contribution in [2.75, 3.05) is 5.32 Å².